The van der Waals surface area contributed by atoms with Crippen molar-refractivity contribution in [3.8, 4) is 0 Å². The van der Waals surface area contributed by atoms with Crippen LogP contribution in [0.2, 0.25) is 0 Å². The average molecular weight is 367 g/mol. The standard InChI is InChI=1S/C11H15BrN2O3S2/c12-10-2-1-8(13)7-11(10)19(16,17)14-9-3-5-18(15)6-4-9/h1-2,7,9,14H,3-6,13H2. The van der Waals surface area contributed by atoms with Gasteiger partial charge < -0.3 is 5.73 Å². The number of sulfonamides is 1. The van der Waals surface area contributed by atoms with E-state index < -0.39 is 20.8 Å². The maximum absolute atomic E-state index is 12.3. The first-order chi connectivity index (χ1) is 8.88. The molecule has 1 fully saturated rings. The molecular formula is C11H15BrN2O3S2. The smallest absolute Gasteiger partial charge is 0.242 e. The quantitative estimate of drug-likeness (QED) is 0.787. The zero-order valence-electron chi connectivity index (χ0n) is 10.1. The monoisotopic (exact) mass is 366 g/mol. The average Bonchev–Trinajstić information content (AvgIpc) is 2.35. The van der Waals surface area contributed by atoms with Crippen LogP contribution in [0.4, 0.5) is 5.69 Å². The molecule has 3 N–H and O–H groups in total. The van der Waals surface area contributed by atoms with Crippen molar-refractivity contribution in [2.45, 2.75) is 23.8 Å². The fourth-order valence-corrected chi connectivity index (χ4v) is 5.52. The lowest BCUT2D eigenvalue weighted by Gasteiger charge is -2.22. The highest BCUT2D eigenvalue weighted by atomic mass is 79.9. The number of benzene rings is 1. The summed E-state index contributed by atoms with van der Waals surface area (Å²) in [5.74, 6) is 1.09. The highest BCUT2D eigenvalue weighted by Crippen LogP contribution is 2.25. The molecule has 0 amide bonds. The minimum absolute atomic E-state index is 0.138. The van der Waals surface area contributed by atoms with Crippen molar-refractivity contribution in [1.29, 1.82) is 0 Å². The summed E-state index contributed by atoms with van der Waals surface area (Å²) in [6.07, 6.45) is 1.21. The number of nitrogens with one attached hydrogen (secondary N) is 1. The lowest BCUT2D eigenvalue weighted by Crippen LogP contribution is -2.39. The summed E-state index contributed by atoms with van der Waals surface area (Å²) in [4.78, 5) is 0.138. The van der Waals surface area contributed by atoms with E-state index in [9.17, 15) is 12.6 Å². The molecule has 0 atom stereocenters. The summed E-state index contributed by atoms with van der Waals surface area (Å²) in [6, 6.07) is 4.51. The number of halogens is 1. The third-order valence-electron chi connectivity index (χ3n) is 2.95. The van der Waals surface area contributed by atoms with E-state index in [-0.39, 0.29) is 10.9 Å². The summed E-state index contributed by atoms with van der Waals surface area (Å²) in [5.41, 5.74) is 6.02. The first kappa shape index (κ1) is 15.0. The number of nitrogens with two attached hydrogens (primary N) is 1. The molecule has 1 heterocycles. The molecule has 5 nitrogen and oxygen atoms in total. The summed E-state index contributed by atoms with van der Waals surface area (Å²) < 4.78 is 39.0. The van der Waals surface area contributed by atoms with Gasteiger partial charge in [-0.3, -0.25) is 4.21 Å². The predicted molar refractivity (Wildman–Crippen MR) is 79.8 cm³/mol. The van der Waals surface area contributed by atoms with Crippen molar-refractivity contribution in [3.05, 3.63) is 22.7 Å². The van der Waals surface area contributed by atoms with Crippen LogP contribution < -0.4 is 10.5 Å². The molecule has 1 saturated heterocycles. The van der Waals surface area contributed by atoms with Gasteiger partial charge in [-0.15, -0.1) is 0 Å². The second kappa shape index (κ2) is 5.90. The Bertz CT molecular complexity index is 594. The molecule has 1 aromatic carbocycles. The fraction of sp³-hybridized carbons (Fsp3) is 0.455. The first-order valence-corrected chi connectivity index (χ1v) is 9.57. The van der Waals surface area contributed by atoms with Gasteiger partial charge in [0.05, 0.1) is 4.90 Å². The minimum atomic E-state index is -3.61. The fourth-order valence-electron chi connectivity index (χ4n) is 1.92. The van der Waals surface area contributed by atoms with Gasteiger partial charge in [-0.2, -0.15) is 0 Å². The molecule has 1 aliphatic rings. The third kappa shape index (κ3) is 3.77. The lowest BCUT2D eigenvalue weighted by atomic mass is 10.2. The molecule has 2 rings (SSSR count). The van der Waals surface area contributed by atoms with Crippen LogP contribution in [0.1, 0.15) is 12.8 Å². The van der Waals surface area contributed by atoms with E-state index in [2.05, 4.69) is 20.7 Å². The predicted octanol–water partition coefficient (Wildman–Crippen LogP) is 1.22. The zero-order chi connectivity index (χ0) is 14.0. The van der Waals surface area contributed by atoms with E-state index in [0.29, 0.717) is 34.5 Å². The molecule has 8 heteroatoms. The molecule has 0 spiro atoms. The molecule has 0 aromatic heterocycles. The molecule has 0 aliphatic carbocycles. The van der Waals surface area contributed by atoms with Gasteiger partial charge in [0.25, 0.3) is 0 Å². The van der Waals surface area contributed by atoms with Crippen molar-refractivity contribution < 1.29 is 12.6 Å². The topological polar surface area (TPSA) is 89.3 Å². The summed E-state index contributed by atoms with van der Waals surface area (Å²) in [7, 11) is -4.41. The van der Waals surface area contributed by atoms with E-state index in [1.807, 2.05) is 0 Å². The summed E-state index contributed by atoms with van der Waals surface area (Å²) in [5, 5.41) is 0. The minimum Gasteiger partial charge on any atom is -0.399 e. The van der Waals surface area contributed by atoms with Gasteiger partial charge in [-0.1, -0.05) is 0 Å². The molecule has 0 saturated carbocycles. The van der Waals surface area contributed by atoms with E-state index in [4.69, 9.17) is 5.73 Å². The number of rotatable bonds is 3. The van der Waals surface area contributed by atoms with Crippen LogP contribution in [0, 0.1) is 0 Å². The number of hydrogen-bond acceptors (Lipinski definition) is 4. The molecule has 0 unspecified atom stereocenters. The van der Waals surface area contributed by atoms with Gasteiger partial charge in [-0.05, 0) is 47.0 Å². The van der Waals surface area contributed by atoms with Gasteiger partial charge >= 0.3 is 0 Å². The normalized spacial score (nSPS) is 24.3. The van der Waals surface area contributed by atoms with Crippen molar-refractivity contribution >= 4 is 42.4 Å². The molecule has 106 valence electrons. The van der Waals surface area contributed by atoms with E-state index in [1.165, 1.54) is 6.07 Å². The number of hydrogen-bond donors (Lipinski definition) is 2. The Morgan fingerprint density at radius 2 is 1.95 bits per heavy atom. The lowest BCUT2D eigenvalue weighted by molar-refractivity contribution is 0.521. The Kier molecular flexibility index (Phi) is 4.65. The SMILES string of the molecule is Nc1ccc(Br)c(S(=O)(=O)NC2CCS(=O)CC2)c1. The number of anilines is 1. The Morgan fingerprint density at radius 3 is 2.58 bits per heavy atom. The van der Waals surface area contributed by atoms with Crippen LogP contribution in [0.15, 0.2) is 27.6 Å². The molecule has 0 radical (unpaired) electrons. The second-order valence-corrected chi connectivity index (χ2v) is 8.67. The Hall–Kier alpha value is -0.440. The summed E-state index contributed by atoms with van der Waals surface area (Å²) in [6.45, 7) is 0. The molecule has 0 bridgehead atoms. The van der Waals surface area contributed by atoms with Crippen molar-refractivity contribution in [1.82, 2.24) is 4.72 Å². The van der Waals surface area contributed by atoms with E-state index in [0.717, 1.165) is 0 Å². The molecule has 19 heavy (non-hydrogen) atoms. The maximum atomic E-state index is 12.3. The zero-order valence-corrected chi connectivity index (χ0v) is 13.4. The van der Waals surface area contributed by atoms with Crippen LogP contribution in [-0.4, -0.2) is 30.2 Å². The first-order valence-electron chi connectivity index (χ1n) is 5.81. The third-order valence-corrected chi connectivity index (χ3v) is 6.85. The highest BCUT2D eigenvalue weighted by molar-refractivity contribution is 9.10. The summed E-state index contributed by atoms with van der Waals surface area (Å²) >= 11 is 3.22. The van der Waals surface area contributed by atoms with Gasteiger partial charge in [0.2, 0.25) is 10.0 Å². The van der Waals surface area contributed by atoms with Crippen molar-refractivity contribution in [2.75, 3.05) is 17.2 Å². The van der Waals surface area contributed by atoms with Gasteiger partial charge in [0.15, 0.2) is 0 Å². The van der Waals surface area contributed by atoms with Gasteiger partial charge in [0, 0.05) is 38.5 Å². The molecular weight excluding hydrogens is 352 g/mol. The number of nitrogen functional groups attached to an aromatic ring is 1. The van der Waals surface area contributed by atoms with Gasteiger partial charge in [-0.25, -0.2) is 13.1 Å². The van der Waals surface area contributed by atoms with Crippen LogP contribution in [0.5, 0.6) is 0 Å². The van der Waals surface area contributed by atoms with E-state index in [1.54, 1.807) is 12.1 Å². The Labute approximate surface area is 123 Å². The van der Waals surface area contributed by atoms with Crippen LogP contribution in [-0.2, 0) is 20.8 Å². The van der Waals surface area contributed by atoms with Crippen molar-refractivity contribution in [2.24, 2.45) is 0 Å². The van der Waals surface area contributed by atoms with E-state index >= 15 is 0 Å². The van der Waals surface area contributed by atoms with Crippen LogP contribution >= 0.6 is 15.9 Å². The van der Waals surface area contributed by atoms with Crippen LogP contribution in [0.3, 0.4) is 0 Å². The second-order valence-electron chi connectivity index (χ2n) is 4.43. The van der Waals surface area contributed by atoms with Crippen LogP contribution in [0.25, 0.3) is 0 Å². The van der Waals surface area contributed by atoms with Gasteiger partial charge in [0.1, 0.15) is 0 Å². The Morgan fingerprint density at radius 1 is 1.32 bits per heavy atom. The largest absolute Gasteiger partial charge is 0.399 e. The van der Waals surface area contributed by atoms with Crippen molar-refractivity contribution in [3.63, 3.8) is 0 Å². The maximum Gasteiger partial charge on any atom is 0.242 e. The Balaban J connectivity index is 2.18. The molecule has 1 aromatic rings. The highest BCUT2D eigenvalue weighted by Gasteiger charge is 2.25. The molecule has 1 aliphatic heterocycles.